The summed E-state index contributed by atoms with van der Waals surface area (Å²) < 4.78 is 12.3. The summed E-state index contributed by atoms with van der Waals surface area (Å²) in [5.74, 6) is 2.60. The summed E-state index contributed by atoms with van der Waals surface area (Å²) in [6.45, 7) is 3.24. The quantitative estimate of drug-likeness (QED) is 0.409. The van der Waals surface area contributed by atoms with E-state index in [1.807, 2.05) is 30.3 Å². The van der Waals surface area contributed by atoms with Crippen molar-refractivity contribution >= 4 is 23.4 Å². The van der Waals surface area contributed by atoms with Crippen LogP contribution < -0.4 is 24.6 Å². The molecule has 0 bridgehead atoms. The second-order valence-corrected chi connectivity index (χ2v) is 8.49. The topological polar surface area (TPSA) is 111 Å². The molecule has 0 atom stereocenters. The van der Waals surface area contributed by atoms with Crippen molar-refractivity contribution in [3.05, 3.63) is 66.7 Å². The third-order valence-electron chi connectivity index (χ3n) is 6.23. The number of carbonyl (C=O) groups excluding carboxylic acids is 1. The fourth-order valence-corrected chi connectivity index (χ4v) is 4.25. The van der Waals surface area contributed by atoms with Gasteiger partial charge in [0.1, 0.15) is 23.0 Å². The van der Waals surface area contributed by atoms with Gasteiger partial charge >= 0.3 is 0 Å². The molecule has 11 nitrogen and oxygen atoms in total. The predicted molar refractivity (Wildman–Crippen MR) is 140 cm³/mol. The lowest BCUT2D eigenvalue weighted by atomic mass is 10.1. The second kappa shape index (κ2) is 10.5. The zero-order chi connectivity index (χ0) is 25.8. The number of amides is 1. The van der Waals surface area contributed by atoms with Gasteiger partial charge in [0.2, 0.25) is 5.95 Å². The second-order valence-electron chi connectivity index (χ2n) is 8.49. The Bertz CT molecular complexity index is 1370. The number of carbonyl (C=O) groups is 1. The molecule has 11 heteroatoms. The van der Waals surface area contributed by atoms with Gasteiger partial charge in [0.15, 0.2) is 0 Å². The molecule has 4 heterocycles. The smallest absolute Gasteiger partial charge is 0.274 e. The predicted octanol–water partition coefficient (Wildman–Crippen LogP) is 2.87. The Kier molecular flexibility index (Phi) is 6.84. The Balaban J connectivity index is 1.24. The minimum atomic E-state index is -0.316. The molecule has 1 amide bonds. The average molecular weight is 501 g/mol. The lowest BCUT2D eigenvalue weighted by Crippen LogP contribution is -2.47. The standard InChI is InChI=1S/C26H28N8O3/c1-32-22(15-21(31-32)20-14-19(36-2)7-8-23(20)37-3)25(35)30-18-16-28-26(29-17-18)34-12-10-33(11-13-34)24-6-4-5-9-27-24/h4-9,14-17H,10-13H2,1-3H3,(H,30,35). The van der Waals surface area contributed by atoms with Gasteiger partial charge in [0.05, 0.1) is 38.0 Å². The lowest BCUT2D eigenvalue weighted by Gasteiger charge is -2.35. The van der Waals surface area contributed by atoms with Gasteiger partial charge in [-0.05, 0) is 36.4 Å². The Morgan fingerprint density at radius 3 is 2.35 bits per heavy atom. The van der Waals surface area contributed by atoms with E-state index in [2.05, 4.69) is 35.2 Å². The summed E-state index contributed by atoms with van der Waals surface area (Å²) >= 11 is 0. The molecule has 1 aromatic carbocycles. The molecule has 4 aromatic rings. The number of anilines is 3. The number of hydrogen-bond donors (Lipinski definition) is 1. The van der Waals surface area contributed by atoms with Crippen molar-refractivity contribution < 1.29 is 14.3 Å². The van der Waals surface area contributed by atoms with Crippen LogP contribution in [0.3, 0.4) is 0 Å². The van der Waals surface area contributed by atoms with E-state index >= 15 is 0 Å². The monoisotopic (exact) mass is 500 g/mol. The molecule has 1 aliphatic heterocycles. The van der Waals surface area contributed by atoms with Crippen LogP contribution in [0.15, 0.2) is 61.1 Å². The van der Waals surface area contributed by atoms with Gasteiger partial charge in [-0.25, -0.2) is 15.0 Å². The average Bonchev–Trinajstić information content (AvgIpc) is 3.35. The maximum absolute atomic E-state index is 13.0. The normalized spacial score (nSPS) is 13.4. The Hall–Kier alpha value is -4.67. The maximum Gasteiger partial charge on any atom is 0.274 e. The SMILES string of the molecule is COc1ccc(OC)c(-c2cc(C(=O)Nc3cnc(N4CCN(c5ccccn5)CC4)nc3)n(C)n2)c1. The van der Waals surface area contributed by atoms with Crippen LogP contribution in [0, 0.1) is 0 Å². The molecule has 1 N–H and O–H groups in total. The van der Waals surface area contributed by atoms with Crippen molar-refractivity contribution in [1.82, 2.24) is 24.7 Å². The number of ether oxygens (including phenoxy) is 2. The van der Waals surface area contributed by atoms with Crippen LogP contribution in [-0.4, -0.2) is 71.0 Å². The van der Waals surface area contributed by atoms with E-state index in [0.717, 1.165) is 37.6 Å². The minimum absolute atomic E-state index is 0.316. The van der Waals surface area contributed by atoms with E-state index in [1.165, 1.54) is 4.68 Å². The van der Waals surface area contributed by atoms with Crippen LogP contribution in [0.1, 0.15) is 10.5 Å². The number of rotatable bonds is 7. The number of aromatic nitrogens is 5. The molecule has 190 valence electrons. The van der Waals surface area contributed by atoms with Crippen LogP contribution in [0.2, 0.25) is 0 Å². The van der Waals surface area contributed by atoms with Crippen molar-refractivity contribution in [2.45, 2.75) is 0 Å². The minimum Gasteiger partial charge on any atom is -0.497 e. The Morgan fingerprint density at radius 2 is 1.68 bits per heavy atom. The Morgan fingerprint density at radius 1 is 0.919 bits per heavy atom. The molecule has 0 aliphatic carbocycles. The Labute approximate surface area is 214 Å². The summed E-state index contributed by atoms with van der Waals surface area (Å²) in [5.41, 5.74) is 2.21. The number of hydrogen-bond acceptors (Lipinski definition) is 9. The maximum atomic E-state index is 13.0. The first-order valence-corrected chi connectivity index (χ1v) is 11.9. The van der Waals surface area contributed by atoms with Gasteiger partial charge in [0.25, 0.3) is 5.91 Å². The van der Waals surface area contributed by atoms with Crippen LogP contribution in [0.25, 0.3) is 11.3 Å². The lowest BCUT2D eigenvalue weighted by molar-refractivity contribution is 0.101. The first kappa shape index (κ1) is 24.0. The third kappa shape index (κ3) is 5.15. The third-order valence-corrected chi connectivity index (χ3v) is 6.23. The zero-order valence-corrected chi connectivity index (χ0v) is 21.0. The highest BCUT2D eigenvalue weighted by Crippen LogP contribution is 2.33. The highest BCUT2D eigenvalue weighted by Gasteiger charge is 2.21. The van der Waals surface area contributed by atoms with Gasteiger partial charge in [-0.1, -0.05) is 6.07 Å². The van der Waals surface area contributed by atoms with Gasteiger partial charge in [-0.15, -0.1) is 0 Å². The van der Waals surface area contributed by atoms with E-state index in [-0.39, 0.29) is 5.91 Å². The molecule has 0 radical (unpaired) electrons. The molecule has 3 aromatic heterocycles. The summed E-state index contributed by atoms with van der Waals surface area (Å²) in [6, 6.07) is 13.1. The van der Waals surface area contributed by atoms with E-state index in [4.69, 9.17) is 9.47 Å². The molecule has 5 rings (SSSR count). The summed E-state index contributed by atoms with van der Waals surface area (Å²) in [6.07, 6.45) is 5.04. The fraction of sp³-hybridized carbons (Fsp3) is 0.269. The highest BCUT2D eigenvalue weighted by atomic mass is 16.5. The summed E-state index contributed by atoms with van der Waals surface area (Å²) in [4.78, 5) is 30.8. The largest absolute Gasteiger partial charge is 0.497 e. The van der Waals surface area contributed by atoms with Crippen LogP contribution in [0.5, 0.6) is 11.5 Å². The van der Waals surface area contributed by atoms with E-state index in [1.54, 1.807) is 52.0 Å². The van der Waals surface area contributed by atoms with Crippen LogP contribution in [-0.2, 0) is 7.05 Å². The molecule has 1 aliphatic rings. The summed E-state index contributed by atoms with van der Waals surface area (Å²) in [7, 11) is 4.90. The highest BCUT2D eigenvalue weighted by molar-refractivity contribution is 6.03. The van der Waals surface area contributed by atoms with E-state index in [9.17, 15) is 4.79 Å². The van der Waals surface area contributed by atoms with Crippen molar-refractivity contribution in [2.75, 3.05) is 55.5 Å². The molecular formula is C26H28N8O3. The molecule has 0 spiro atoms. The van der Waals surface area contributed by atoms with Crippen molar-refractivity contribution in [1.29, 1.82) is 0 Å². The van der Waals surface area contributed by atoms with Crippen molar-refractivity contribution in [2.24, 2.45) is 7.05 Å². The molecule has 0 saturated carbocycles. The van der Waals surface area contributed by atoms with Crippen LogP contribution in [0.4, 0.5) is 17.5 Å². The van der Waals surface area contributed by atoms with Crippen LogP contribution >= 0.6 is 0 Å². The number of nitrogens with zero attached hydrogens (tertiary/aromatic N) is 7. The molecule has 37 heavy (non-hydrogen) atoms. The number of aryl methyl sites for hydroxylation is 1. The summed E-state index contributed by atoms with van der Waals surface area (Å²) in [5, 5.41) is 7.36. The van der Waals surface area contributed by atoms with Gasteiger partial charge in [0, 0.05) is 45.0 Å². The number of benzene rings is 1. The number of nitrogens with one attached hydrogen (secondary N) is 1. The fourth-order valence-electron chi connectivity index (χ4n) is 4.25. The van der Waals surface area contributed by atoms with Gasteiger partial charge in [-0.3, -0.25) is 9.48 Å². The van der Waals surface area contributed by atoms with Gasteiger partial charge < -0.3 is 24.6 Å². The number of piperazine rings is 1. The van der Waals surface area contributed by atoms with E-state index < -0.39 is 0 Å². The van der Waals surface area contributed by atoms with Gasteiger partial charge in [-0.2, -0.15) is 5.10 Å². The molecule has 1 fully saturated rings. The van der Waals surface area contributed by atoms with Crippen molar-refractivity contribution in [3.8, 4) is 22.8 Å². The number of pyridine rings is 1. The first-order chi connectivity index (χ1) is 18.1. The molecule has 1 saturated heterocycles. The van der Waals surface area contributed by atoms with Crippen molar-refractivity contribution in [3.63, 3.8) is 0 Å². The van der Waals surface area contributed by atoms with E-state index in [0.29, 0.717) is 34.5 Å². The molecule has 0 unspecified atom stereocenters. The number of methoxy groups -OCH3 is 2. The molecular weight excluding hydrogens is 472 g/mol. The first-order valence-electron chi connectivity index (χ1n) is 11.9. The zero-order valence-electron chi connectivity index (χ0n) is 21.0.